The molecular formula is C13H24N2O. The Kier molecular flexibility index (Phi) is 2.36. The third-order valence-electron chi connectivity index (χ3n) is 5.35. The van der Waals surface area contributed by atoms with E-state index >= 15 is 0 Å². The molecule has 3 rings (SSSR count). The Bertz CT molecular complexity index is 286. The average Bonchev–Trinajstić information content (AvgIpc) is 2.85. The Balaban J connectivity index is 1.75. The standard InChI is InChI=1S/C13H24N2O/c1-12(2)11-10(5-8-16-11)13(12,14)9-15-6-3-4-7-15/h10-11H,3-9,14H2,1-2H3. The molecule has 3 aliphatic rings. The maximum atomic E-state index is 6.72. The van der Waals surface area contributed by atoms with Gasteiger partial charge in [-0.3, -0.25) is 0 Å². The third-order valence-corrected chi connectivity index (χ3v) is 5.35. The molecule has 3 heteroatoms. The van der Waals surface area contributed by atoms with Gasteiger partial charge < -0.3 is 15.4 Å². The van der Waals surface area contributed by atoms with Crippen molar-refractivity contribution in [3.63, 3.8) is 0 Å². The molecule has 3 atom stereocenters. The normalized spacial score (nSPS) is 46.7. The monoisotopic (exact) mass is 224 g/mol. The van der Waals surface area contributed by atoms with Gasteiger partial charge in [-0.05, 0) is 32.4 Å². The van der Waals surface area contributed by atoms with Gasteiger partial charge in [-0.25, -0.2) is 0 Å². The van der Waals surface area contributed by atoms with E-state index in [1.165, 1.54) is 32.4 Å². The van der Waals surface area contributed by atoms with Gasteiger partial charge in [0.15, 0.2) is 0 Å². The van der Waals surface area contributed by atoms with E-state index < -0.39 is 0 Å². The summed E-state index contributed by atoms with van der Waals surface area (Å²) in [6, 6.07) is 0. The molecule has 0 aromatic heterocycles. The molecule has 0 bridgehead atoms. The van der Waals surface area contributed by atoms with E-state index in [0.29, 0.717) is 12.0 Å². The van der Waals surface area contributed by atoms with Crippen molar-refractivity contribution in [1.82, 2.24) is 4.90 Å². The molecule has 92 valence electrons. The van der Waals surface area contributed by atoms with Crippen molar-refractivity contribution in [2.45, 2.75) is 44.8 Å². The first kappa shape index (κ1) is 11.0. The van der Waals surface area contributed by atoms with Gasteiger partial charge in [0, 0.05) is 30.0 Å². The summed E-state index contributed by atoms with van der Waals surface area (Å²) in [4.78, 5) is 2.55. The smallest absolute Gasteiger partial charge is 0.0691 e. The fraction of sp³-hybridized carbons (Fsp3) is 1.00. The summed E-state index contributed by atoms with van der Waals surface area (Å²) in [5.74, 6) is 0.600. The summed E-state index contributed by atoms with van der Waals surface area (Å²) < 4.78 is 5.83. The van der Waals surface area contributed by atoms with Crippen molar-refractivity contribution in [2.75, 3.05) is 26.2 Å². The van der Waals surface area contributed by atoms with Crippen LogP contribution in [0, 0.1) is 11.3 Å². The van der Waals surface area contributed by atoms with Crippen LogP contribution in [0.2, 0.25) is 0 Å². The predicted octanol–water partition coefficient (Wildman–Crippen LogP) is 1.22. The zero-order valence-electron chi connectivity index (χ0n) is 10.5. The second kappa shape index (κ2) is 3.44. The average molecular weight is 224 g/mol. The molecule has 0 radical (unpaired) electrons. The van der Waals surface area contributed by atoms with Crippen LogP contribution in [0.3, 0.4) is 0 Å². The molecule has 1 aliphatic carbocycles. The van der Waals surface area contributed by atoms with Crippen LogP contribution in [0.25, 0.3) is 0 Å². The van der Waals surface area contributed by atoms with E-state index in [1.54, 1.807) is 0 Å². The van der Waals surface area contributed by atoms with Crippen LogP contribution >= 0.6 is 0 Å². The van der Waals surface area contributed by atoms with Crippen molar-refractivity contribution in [3.8, 4) is 0 Å². The fourth-order valence-corrected chi connectivity index (χ4v) is 4.11. The number of rotatable bonds is 2. The van der Waals surface area contributed by atoms with Crippen LogP contribution < -0.4 is 5.73 Å². The van der Waals surface area contributed by atoms with Crippen LogP contribution in [0.1, 0.15) is 33.1 Å². The highest BCUT2D eigenvalue weighted by atomic mass is 16.5. The maximum absolute atomic E-state index is 6.72. The Morgan fingerprint density at radius 2 is 2.00 bits per heavy atom. The molecule has 2 N–H and O–H groups in total. The largest absolute Gasteiger partial charge is 0.377 e. The minimum atomic E-state index is -0.0154. The van der Waals surface area contributed by atoms with Crippen LogP contribution in [-0.2, 0) is 4.74 Å². The van der Waals surface area contributed by atoms with Crippen molar-refractivity contribution < 1.29 is 4.74 Å². The maximum Gasteiger partial charge on any atom is 0.0691 e. The minimum absolute atomic E-state index is 0.0154. The van der Waals surface area contributed by atoms with E-state index in [4.69, 9.17) is 10.5 Å². The lowest BCUT2D eigenvalue weighted by atomic mass is 9.48. The zero-order chi connectivity index (χ0) is 11.4. The molecule has 1 saturated carbocycles. The SMILES string of the molecule is CC1(C)C2OCCC2C1(N)CN1CCCC1. The topological polar surface area (TPSA) is 38.5 Å². The highest BCUT2D eigenvalue weighted by Gasteiger charge is 2.67. The first-order valence-electron chi connectivity index (χ1n) is 6.68. The lowest BCUT2D eigenvalue weighted by Crippen LogP contribution is -2.78. The molecule has 3 unspecified atom stereocenters. The molecule has 0 amide bonds. The Morgan fingerprint density at radius 3 is 2.69 bits per heavy atom. The highest BCUT2D eigenvalue weighted by Crippen LogP contribution is 2.58. The summed E-state index contributed by atoms with van der Waals surface area (Å²) in [5, 5.41) is 0. The van der Waals surface area contributed by atoms with Gasteiger partial charge in [-0.15, -0.1) is 0 Å². The molecule has 16 heavy (non-hydrogen) atoms. The molecule has 2 heterocycles. The second-order valence-electron chi connectivity index (χ2n) is 6.43. The summed E-state index contributed by atoms with van der Waals surface area (Å²) in [6.45, 7) is 9.05. The van der Waals surface area contributed by atoms with E-state index in [-0.39, 0.29) is 11.0 Å². The Labute approximate surface area is 98.3 Å². The van der Waals surface area contributed by atoms with E-state index in [1.807, 2.05) is 0 Å². The number of hydrogen-bond acceptors (Lipinski definition) is 3. The van der Waals surface area contributed by atoms with E-state index in [9.17, 15) is 0 Å². The quantitative estimate of drug-likeness (QED) is 0.766. The van der Waals surface area contributed by atoms with Crippen molar-refractivity contribution >= 4 is 0 Å². The molecule has 2 saturated heterocycles. The van der Waals surface area contributed by atoms with Crippen LogP contribution in [0.15, 0.2) is 0 Å². The lowest BCUT2D eigenvalue weighted by Gasteiger charge is -2.63. The van der Waals surface area contributed by atoms with Crippen molar-refractivity contribution in [3.05, 3.63) is 0 Å². The minimum Gasteiger partial charge on any atom is -0.377 e. The Hall–Kier alpha value is -0.120. The second-order valence-corrected chi connectivity index (χ2v) is 6.43. The third kappa shape index (κ3) is 1.25. The first-order chi connectivity index (χ1) is 7.56. The Morgan fingerprint density at radius 1 is 1.31 bits per heavy atom. The summed E-state index contributed by atoms with van der Waals surface area (Å²) in [5.41, 5.74) is 6.86. The fourth-order valence-electron chi connectivity index (χ4n) is 4.11. The van der Waals surface area contributed by atoms with Gasteiger partial charge in [0.1, 0.15) is 0 Å². The summed E-state index contributed by atoms with van der Waals surface area (Å²) in [7, 11) is 0. The van der Waals surface area contributed by atoms with Gasteiger partial charge in [-0.2, -0.15) is 0 Å². The van der Waals surface area contributed by atoms with Gasteiger partial charge >= 0.3 is 0 Å². The van der Waals surface area contributed by atoms with E-state index in [0.717, 1.165) is 13.2 Å². The van der Waals surface area contributed by atoms with Gasteiger partial charge in [0.2, 0.25) is 0 Å². The van der Waals surface area contributed by atoms with Crippen LogP contribution in [0.4, 0.5) is 0 Å². The number of likely N-dealkylation sites (tertiary alicyclic amines) is 1. The summed E-state index contributed by atoms with van der Waals surface area (Å²) in [6.07, 6.45) is 4.28. The number of ether oxygens (including phenoxy) is 1. The van der Waals surface area contributed by atoms with E-state index in [2.05, 4.69) is 18.7 Å². The number of hydrogen-bond donors (Lipinski definition) is 1. The molecular weight excluding hydrogens is 200 g/mol. The molecule has 0 aromatic carbocycles. The first-order valence-corrected chi connectivity index (χ1v) is 6.68. The molecule has 0 aromatic rings. The van der Waals surface area contributed by atoms with Crippen LogP contribution in [0.5, 0.6) is 0 Å². The van der Waals surface area contributed by atoms with Gasteiger partial charge in [0.25, 0.3) is 0 Å². The van der Waals surface area contributed by atoms with Gasteiger partial charge in [-0.1, -0.05) is 13.8 Å². The number of nitrogens with zero attached hydrogens (tertiary/aromatic N) is 1. The lowest BCUT2D eigenvalue weighted by molar-refractivity contribution is -0.162. The zero-order valence-corrected chi connectivity index (χ0v) is 10.5. The molecule has 3 fully saturated rings. The molecule has 2 aliphatic heterocycles. The number of nitrogens with two attached hydrogens (primary N) is 1. The van der Waals surface area contributed by atoms with Crippen molar-refractivity contribution in [2.24, 2.45) is 17.1 Å². The highest BCUT2D eigenvalue weighted by molar-refractivity contribution is 5.21. The molecule has 3 nitrogen and oxygen atoms in total. The summed E-state index contributed by atoms with van der Waals surface area (Å²) >= 11 is 0. The molecule has 0 spiro atoms. The predicted molar refractivity (Wildman–Crippen MR) is 64.2 cm³/mol. The van der Waals surface area contributed by atoms with Gasteiger partial charge in [0.05, 0.1) is 6.10 Å². The van der Waals surface area contributed by atoms with Crippen LogP contribution in [-0.4, -0.2) is 42.8 Å². The number of fused-ring (bicyclic) bond motifs is 1. The van der Waals surface area contributed by atoms with Crippen molar-refractivity contribution in [1.29, 1.82) is 0 Å².